The highest BCUT2D eigenvalue weighted by molar-refractivity contribution is 5.94. The summed E-state index contributed by atoms with van der Waals surface area (Å²) in [5.41, 5.74) is 0.973. The van der Waals surface area contributed by atoms with Gasteiger partial charge in [0.2, 0.25) is 5.91 Å². The molecule has 84 valence electrons. The van der Waals surface area contributed by atoms with E-state index in [1.54, 1.807) is 13.8 Å². The highest BCUT2D eigenvalue weighted by atomic mass is 19.1. The smallest absolute Gasteiger partial charge is 0.241 e. The number of aryl methyl sites for hydroxylation is 1. The van der Waals surface area contributed by atoms with Gasteiger partial charge < -0.3 is 5.32 Å². The minimum atomic E-state index is -0.662. The quantitative estimate of drug-likeness (QED) is 0.851. The van der Waals surface area contributed by atoms with Gasteiger partial charge >= 0.3 is 0 Å². The van der Waals surface area contributed by atoms with Crippen LogP contribution in [-0.4, -0.2) is 5.91 Å². The number of carbonyl (C=O) groups is 1. The van der Waals surface area contributed by atoms with Gasteiger partial charge in [0.25, 0.3) is 0 Å². The molecule has 1 rings (SSSR count). The molecule has 0 radical (unpaired) electrons. The molecule has 1 amide bonds. The first-order chi connectivity index (χ1) is 7.58. The van der Waals surface area contributed by atoms with Crippen molar-refractivity contribution in [1.29, 1.82) is 5.26 Å². The number of nitrogens with one attached hydrogen (secondary N) is 1. The van der Waals surface area contributed by atoms with Crippen LogP contribution in [0.1, 0.15) is 18.9 Å². The summed E-state index contributed by atoms with van der Waals surface area (Å²) in [4.78, 5) is 11.5. The molecular formula is C12H13FN2O. The standard InChI is InChI=1S/C12H13FN2O/c1-3-9(7-14)12(16)15-10-4-5-11(13)8(2)6-10/h4-6,9H,3H2,1-2H3,(H,15,16). The molecule has 4 heteroatoms. The van der Waals surface area contributed by atoms with Crippen LogP contribution in [0.5, 0.6) is 0 Å². The molecule has 0 aromatic heterocycles. The van der Waals surface area contributed by atoms with Crippen LogP contribution < -0.4 is 5.32 Å². The second kappa shape index (κ2) is 5.26. The van der Waals surface area contributed by atoms with Crippen LogP contribution in [0.25, 0.3) is 0 Å². The Hall–Kier alpha value is -1.89. The van der Waals surface area contributed by atoms with Crippen molar-refractivity contribution in [1.82, 2.24) is 0 Å². The number of halogens is 1. The average molecular weight is 220 g/mol. The van der Waals surface area contributed by atoms with E-state index in [2.05, 4.69) is 5.32 Å². The molecule has 0 saturated heterocycles. The Balaban J connectivity index is 2.78. The third-order valence-corrected chi connectivity index (χ3v) is 2.31. The van der Waals surface area contributed by atoms with Crippen molar-refractivity contribution in [3.63, 3.8) is 0 Å². The third kappa shape index (κ3) is 2.80. The molecule has 1 unspecified atom stereocenters. The van der Waals surface area contributed by atoms with Gasteiger partial charge in [-0.25, -0.2) is 4.39 Å². The number of benzene rings is 1. The van der Waals surface area contributed by atoms with E-state index in [0.29, 0.717) is 17.7 Å². The Morgan fingerprint density at radius 3 is 2.81 bits per heavy atom. The molecule has 1 atom stereocenters. The fourth-order valence-corrected chi connectivity index (χ4v) is 1.29. The zero-order valence-corrected chi connectivity index (χ0v) is 9.25. The van der Waals surface area contributed by atoms with Crippen LogP contribution in [0.3, 0.4) is 0 Å². The van der Waals surface area contributed by atoms with Crippen molar-refractivity contribution in [2.75, 3.05) is 5.32 Å². The maximum Gasteiger partial charge on any atom is 0.241 e. The molecule has 1 aromatic carbocycles. The summed E-state index contributed by atoms with van der Waals surface area (Å²) in [7, 11) is 0. The van der Waals surface area contributed by atoms with Crippen molar-refractivity contribution < 1.29 is 9.18 Å². The molecule has 0 aliphatic carbocycles. The summed E-state index contributed by atoms with van der Waals surface area (Å²) in [6, 6.07) is 6.22. The first kappa shape index (κ1) is 12.2. The number of anilines is 1. The summed E-state index contributed by atoms with van der Waals surface area (Å²) in [6.45, 7) is 3.38. The predicted octanol–water partition coefficient (Wildman–Crippen LogP) is 2.62. The highest BCUT2D eigenvalue weighted by Gasteiger charge is 2.15. The Labute approximate surface area is 93.9 Å². The van der Waals surface area contributed by atoms with Gasteiger partial charge in [-0.05, 0) is 37.1 Å². The predicted molar refractivity (Wildman–Crippen MR) is 59.2 cm³/mol. The highest BCUT2D eigenvalue weighted by Crippen LogP contribution is 2.15. The summed E-state index contributed by atoms with van der Waals surface area (Å²) < 4.78 is 13.0. The lowest BCUT2D eigenvalue weighted by molar-refractivity contribution is -0.118. The van der Waals surface area contributed by atoms with Crippen molar-refractivity contribution >= 4 is 11.6 Å². The number of nitriles is 1. The summed E-state index contributed by atoms with van der Waals surface area (Å²) in [6.07, 6.45) is 0.461. The molecule has 1 aromatic rings. The molecule has 1 N–H and O–H groups in total. The average Bonchev–Trinajstić information content (AvgIpc) is 2.25. The molecule has 0 saturated carbocycles. The lowest BCUT2D eigenvalue weighted by atomic mass is 10.1. The molecular weight excluding hydrogens is 207 g/mol. The number of carbonyl (C=O) groups excluding carboxylic acids is 1. The maximum atomic E-state index is 13.0. The van der Waals surface area contributed by atoms with Gasteiger partial charge in [0.1, 0.15) is 11.7 Å². The molecule has 0 bridgehead atoms. The van der Waals surface area contributed by atoms with E-state index < -0.39 is 5.92 Å². The van der Waals surface area contributed by atoms with E-state index in [-0.39, 0.29) is 11.7 Å². The fourth-order valence-electron chi connectivity index (χ4n) is 1.29. The summed E-state index contributed by atoms with van der Waals surface area (Å²) in [5, 5.41) is 11.3. The molecule has 0 spiro atoms. The van der Waals surface area contributed by atoms with Crippen LogP contribution in [0, 0.1) is 30.0 Å². The van der Waals surface area contributed by atoms with Gasteiger partial charge in [0, 0.05) is 5.69 Å². The van der Waals surface area contributed by atoms with Gasteiger partial charge in [0.05, 0.1) is 6.07 Å². The lowest BCUT2D eigenvalue weighted by Gasteiger charge is -2.08. The van der Waals surface area contributed by atoms with E-state index in [0.717, 1.165) is 0 Å². The van der Waals surface area contributed by atoms with Gasteiger partial charge in [-0.1, -0.05) is 6.92 Å². The Morgan fingerprint density at radius 2 is 2.31 bits per heavy atom. The molecule has 0 aliphatic heterocycles. The third-order valence-electron chi connectivity index (χ3n) is 2.31. The summed E-state index contributed by atoms with van der Waals surface area (Å²) >= 11 is 0. The summed E-state index contributed by atoms with van der Waals surface area (Å²) in [5.74, 6) is -1.33. The van der Waals surface area contributed by atoms with E-state index in [1.807, 2.05) is 6.07 Å². The van der Waals surface area contributed by atoms with Crippen molar-refractivity contribution in [3.05, 3.63) is 29.6 Å². The van der Waals surface area contributed by atoms with Crippen LogP contribution in [0.4, 0.5) is 10.1 Å². The van der Waals surface area contributed by atoms with Crippen LogP contribution in [0.15, 0.2) is 18.2 Å². The normalized spacial score (nSPS) is 11.6. The monoisotopic (exact) mass is 220 g/mol. The second-order valence-corrected chi connectivity index (χ2v) is 3.54. The van der Waals surface area contributed by atoms with Gasteiger partial charge in [-0.15, -0.1) is 0 Å². The number of hydrogen-bond donors (Lipinski definition) is 1. The Bertz CT molecular complexity index is 437. The second-order valence-electron chi connectivity index (χ2n) is 3.54. The molecule has 0 heterocycles. The number of nitrogens with zero attached hydrogens (tertiary/aromatic N) is 1. The van der Waals surface area contributed by atoms with Crippen LogP contribution >= 0.6 is 0 Å². The Morgan fingerprint density at radius 1 is 1.62 bits per heavy atom. The SMILES string of the molecule is CCC(C#N)C(=O)Nc1ccc(F)c(C)c1. The van der Waals surface area contributed by atoms with Crippen LogP contribution in [-0.2, 0) is 4.79 Å². The number of rotatable bonds is 3. The maximum absolute atomic E-state index is 13.0. The van der Waals surface area contributed by atoms with Gasteiger partial charge in [-0.2, -0.15) is 5.26 Å². The molecule has 0 aliphatic rings. The molecule has 0 fully saturated rings. The first-order valence-electron chi connectivity index (χ1n) is 5.05. The number of hydrogen-bond acceptors (Lipinski definition) is 2. The van der Waals surface area contributed by atoms with Crippen molar-refractivity contribution in [3.8, 4) is 6.07 Å². The van der Waals surface area contributed by atoms with Gasteiger partial charge in [-0.3, -0.25) is 4.79 Å². The Kier molecular flexibility index (Phi) is 4.01. The van der Waals surface area contributed by atoms with E-state index in [4.69, 9.17) is 5.26 Å². The minimum Gasteiger partial charge on any atom is -0.325 e. The van der Waals surface area contributed by atoms with Gasteiger partial charge in [0.15, 0.2) is 0 Å². The van der Waals surface area contributed by atoms with Crippen LogP contribution in [0.2, 0.25) is 0 Å². The molecule has 16 heavy (non-hydrogen) atoms. The zero-order chi connectivity index (χ0) is 12.1. The van der Waals surface area contributed by atoms with E-state index >= 15 is 0 Å². The molecule has 3 nitrogen and oxygen atoms in total. The van der Waals surface area contributed by atoms with Crippen molar-refractivity contribution in [2.24, 2.45) is 5.92 Å². The lowest BCUT2D eigenvalue weighted by Crippen LogP contribution is -2.20. The first-order valence-corrected chi connectivity index (χ1v) is 5.05. The zero-order valence-electron chi connectivity index (χ0n) is 9.25. The fraction of sp³-hybridized carbons (Fsp3) is 0.333. The largest absolute Gasteiger partial charge is 0.325 e. The van der Waals surface area contributed by atoms with E-state index in [9.17, 15) is 9.18 Å². The minimum absolute atomic E-state index is 0.315. The van der Waals surface area contributed by atoms with E-state index in [1.165, 1.54) is 18.2 Å². The topological polar surface area (TPSA) is 52.9 Å². The van der Waals surface area contributed by atoms with Crippen molar-refractivity contribution in [2.45, 2.75) is 20.3 Å². The number of amides is 1.